The number of likely N-dealkylation sites (N-methyl/N-ethyl adjacent to an activating group) is 1. The molecule has 0 aromatic heterocycles. The minimum atomic E-state index is -4.20. The van der Waals surface area contributed by atoms with E-state index < -0.39 is 34.3 Å². The Kier molecular flexibility index (Phi) is 9.19. The first-order valence-corrected chi connectivity index (χ1v) is 13.1. The van der Waals surface area contributed by atoms with Crippen LogP contribution in [0.2, 0.25) is 0 Å². The zero-order valence-corrected chi connectivity index (χ0v) is 21.1. The number of nitrogens with zero attached hydrogens (tertiary/aromatic N) is 2. The fraction of sp³-hybridized carbons (Fsp3) is 0.259. The maximum absolute atomic E-state index is 13.6. The molecule has 3 aromatic carbocycles. The van der Waals surface area contributed by atoms with Crippen molar-refractivity contribution < 1.29 is 22.4 Å². The Labute approximate surface area is 211 Å². The van der Waals surface area contributed by atoms with Crippen LogP contribution in [0.4, 0.5) is 10.1 Å². The van der Waals surface area contributed by atoms with Crippen molar-refractivity contribution in [3.63, 3.8) is 0 Å². The van der Waals surface area contributed by atoms with Crippen molar-refractivity contribution in [2.45, 2.75) is 31.2 Å². The van der Waals surface area contributed by atoms with E-state index in [-0.39, 0.29) is 23.0 Å². The maximum Gasteiger partial charge on any atom is 0.264 e. The highest BCUT2D eigenvalue weighted by molar-refractivity contribution is 7.92. The Morgan fingerprint density at radius 3 is 2.08 bits per heavy atom. The van der Waals surface area contributed by atoms with E-state index in [0.717, 1.165) is 34.1 Å². The Hall–Kier alpha value is -3.72. The highest BCUT2D eigenvalue weighted by Gasteiger charge is 2.32. The summed E-state index contributed by atoms with van der Waals surface area (Å²) < 4.78 is 41.5. The number of nitrogens with one attached hydrogen (secondary N) is 1. The van der Waals surface area contributed by atoms with Gasteiger partial charge in [0.15, 0.2) is 0 Å². The van der Waals surface area contributed by atoms with Crippen molar-refractivity contribution >= 4 is 27.5 Å². The lowest BCUT2D eigenvalue weighted by Crippen LogP contribution is -2.52. The molecular weight excluding hydrogens is 481 g/mol. The fourth-order valence-corrected chi connectivity index (χ4v) is 5.16. The predicted molar refractivity (Wildman–Crippen MR) is 137 cm³/mol. The molecule has 0 saturated carbocycles. The molecule has 0 saturated heterocycles. The van der Waals surface area contributed by atoms with Crippen molar-refractivity contribution in [1.29, 1.82) is 0 Å². The average Bonchev–Trinajstić information content (AvgIpc) is 2.88. The number of hydrogen-bond acceptors (Lipinski definition) is 4. The zero-order valence-electron chi connectivity index (χ0n) is 20.3. The van der Waals surface area contributed by atoms with Crippen molar-refractivity contribution in [3.8, 4) is 0 Å². The Morgan fingerprint density at radius 1 is 0.917 bits per heavy atom. The lowest BCUT2D eigenvalue weighted by molar-refractivity contribution is -0.138. The van der Waals surface area contributed by atoms with Crippen LogP contribution in [-0.2, 0) is 26.0 Å². The van der Waals surface area contributed by atoms with Gasteiger partial charge in [0, 0.05) is 13.1 Å². The maximum atomic E-state index is 13.6. The largest absolute Gasteiger partial charge is 0.355 e. The van der Waals surface area contributed by atoms with Crippen molar-refractivity contribution in [2.24, 2.45) is 0 Å². The molecule has 1 N–H and O–H groups in total. The summed E-state index contributed by atoms with van der Waals surface area (Å²) in [7, 11) is -4.20. The monoisotopic (exact) mass is 511 g/mol. The molecule has 190 valence electrons. The number of hydrogen-bond donors (Lipinski definition) is 1. The normalized spacial score (nSPS) is 12.0. The lowest BCUT2D eigenvalue weighted by Gasteiger charge is -2.32. The van der Waals surface area contributed by atoms with Crippen LogP contribution in [0.1, 0.15) is 19.4 Å². The van der Waals surface area contributed by atoms with Crippen molar-refractivity contribution in [3.05, 3.63) is 96.3 Å². The van der Waals surface area contributed by atoms with Gasteiger partial charge in [0.1, 0.15) is 18.4 Å². The van der Waals surface area contributed by atoms with Gasteiger partial charge >= 0.3 is 0 Å². The molecule has 0 fully saturated rings. The smallest absolute Gasteiger partial charge is 0.264 e. The molecule has 36 heavy (non-hydrogen) atoms. The minimum Gasteiger partial charge on any atom is -0.355 e. The summed E-state index contributed by atoms with van der Waals surface area (Å²) in [5.41, 5.74) is 1.26. The van der Waals surface area contributed by atoms with Crippen LogP contribution in [0, 0.1) is 5.82 Å². The molecule has 0 heterocycles. The first-order chi connectivity index (χ1) is 17.2. The predicted octanol–water partition coefficient (Wildman–Crippen LogP) is 3.62. The van der Waals surface area contributed by atoms with Crippen LogP contribution in [0.25, 0.3) is 0 Å². The highest BCUT2D eigenvalue weighted by atomic mass is 32.2. The standard InChI is InChI=1S/C27H30FN3O4S/c1-3-29-27(33)21(2)30(19-18-22-10-6-4-7-11-22)26(32)20-31(24-12-8-5-9-13-24)36(34,35)25-16-14-23(28)15-17-25/h4-17,21H,3,18-20H2,1-2H3,(H,29,33)/t21-/m1/s1. The third kappa shape index (κ3) is 6.69. The molecule has 9 heteroatoms. The van der Waals surface area contributed by atoms with Crippen LogP contribution >= 0.6 is 0 Å². The summed E-state index contributed by atoms with van der Waals surface area (Å²) in [4.78, 5) is 27.5. The number of benzene rings is 3. The van der Waals surface area contributed by atoms with Gasteiger partial charge in [-0.05, 0) is 62.2 Å². The number of halogens is 1. The molecule has 0 spiro atoms. The summed E-state index contributed by atoms with van der Waals surface area (Å²) in [6, 6.07) is 21.4. The number of anilines is 1. The van der Waals surface area contributed by atoms with E-state index in [2.05, 4.69) is 5.32 Å². The summed E-state index contributed by atoms with van der Waals surface area (Å²) >= 11 is 0. The molecule has 7 nitrogen and oxygen atoms in total. The molecule has 2 amide bonds. The lowest BCUT2D eigenvalue weighted by atomic mass is 10.1. The summed E-state index contributed by atoms with van der Waals surface area (Å²) in [6.45, 7) is 3.50. The summed E-state index contributed by atoms with van der Waals surface area (Å²) in [5.74, 6) is -1.43. The third-order valence-electron chi connectivity index (χ3n) is 5.73. The first kappa shape index (κ1) is 26.9. The zero-order chi connectivity index (χ0) is 26.1. The average molecular weight is 512 g/mol. The fourth-order valence-electron chi connectivity index (χ4n) is 3.75. The second-order valence-corrected chi connectivity index (χ2v) is 10.1. The van der Waals surface area contributed by atoms with Gasteiger partial charge in [-0.1, -0.05) is 48.5 Å². The van der Waals surface area contributed by atoms with Gasteiger partial charge in [0.25, 0.3) is 10.0 Å². The SMILES string of the molecule is CCNC(=O)[C@@H](C)N(CCc1ccccc1)C(=O)CN(c1ccccc1)S(=O)(=O)c1ccc(F)cc1. The number of rotatable bonds is 11. The van der Waals surface area contributed by atoms with E-state index in [4.69, 9.17) is 0 Å². The van der Waals surface area contributed by atoms with Gasteiger partial charge in [-0.15, -0.1) is 0 Å². The molecule has 1 atom stereocenters. The molecule has 3 rings (SSSR count). The van der Waals surface area contributed by atoms with Gasteiger partial charge < -0.3 is 10.2 Å². The Morgan fingerprint density at radius 2 is 1.50 bits per heavy atom. The van der Waals surface area contributed by atoms with Gasteiger partial charge in [-0.3, -0.25) is 13.9 Å². The van der Waals surface area contributed by atoms with Crippen LogP contribution in [0.15, 0.2) is 89.8 Å². The summed E-state index contributed by atoms with van der Waals surface area (Å²) in [6.07, 6.45) is 0.492. The van der Waals surface area contributed by atoms with E-state index >= 15 is 0 Å². The molecule has 0 radical (unpaired) electrons. The first-order valence-electron chi connectivity index (χ1n) is 11.7. The van der Waals surface area contributed by atoms with E-state index in [1.807, 2.05) is 30.3 Å². The molecule has 0 aliphatic carbocycles. The Bertz CT molecular complexity index is 1250. The molecule has 0 unspecified atom stereocenters. The molecule has 0 bridgehead atoms. The molecular formula is C27H30FN3O4S. The Balaban J connectivity index is 1.94. The van der Waals surface area contributed by atoms with Gasteiger partial charge in [-0.2, -0.15) is 0 Å². The van der Waals surface area contributed by atoms with Crippen LogP contribution in [0.3, 0.4) is 0 Å². The van der Waals surface area contributed by atoms with Crippen molar-refractivity contribution in [2.75, 3.05) is 23.9 Å². The number of para-hydroxylation sites is 1. The van der Waals surface area contributed by atoms with Crippen molar-refractivity contribution in [1.82, 2.24) is 10.2 Å². The molecule has 3 aromatic rings. The van der Waals surface area contributed by atoms with Gasteiger partial charge in [0.2, 0.25) is 11.8 Å². The number of amides is 2. The topological polar surface area (TPSA) is 86.8 Å². The second-order valence-electron chi connectivity index (χ2n) is 8.19. The number of sulfonamides is 1. The van der Waals surface area contributed by atoms with E-state index in [1.54, 1.807) is 44.2 Å². The minimum absolute atomic E-state index is 0.145. The summed E-state index contributed by atoms with van der Waals surface area (Å²) in [5, 5.41) is 2.73. The number of carbonyl (C=O) groups excluding carboxylic acids is 2. The van der Waals surface area contributed by atoms with E-state index in [1.165, 1.54) is 4.90 Å². The van der Waals surface area contributed by atoms with Gasteiger partial charge in [-0.25, -0.2) is 12.8 Å². The quantitative estimate of drug-likeness (QED) is 0.426. The van der Waals surface area contributed by atoms with Gasteiger partial charge in [0.05, 0.1) is 10.6 Å². The van der Waals surface area contributed by atoms with E-state index in [0.29, 0.717) is 13.0 Å². The molecule has 0 aliphatic rings. The number of carbonyl (C=O) groups is 2. The van der Waals surface area contributed by atoms with Crippen LogP contribution < -0.4 is 9.62 Å². The van der Waals surface area contributed by atoms with E-state index in [9.17, 15) is 22.4 Å². The van der Waals surface area contributed by atoms with Crippen LogP contribution in [-0.4, -0.2) is 50.8 Å². The molecule has 0 aliphatic heterocycles. The highest BCUT2D eigenvalue weighted by Crippen LogP contribution is 2.24. The van der Waals surface area contributed by atoms with Crippen LogP contribution in [0.5, 0.6) is 0 Å². The third-order valence-corrected chi connectivity index (χ3v) is 7.52. The second kappa shape index (κ2) is 12.3.